The lowest BCUT2D eigenvalue weighted by molar-refractivity contribution is 0.0288. The Balaban J connectivity index is 1.14. The number of esters is 1. The molecular formula is C44H39FO6. The van der Waals surface area contributed by atoms with Gasteiger partial charge in [0, 0.05) is 0 Å². The number of carbonyl (C=O) groups excluding carboxylic acids is 1. The summed E-state index contributed by atoms with van der Waals surface area (Å²) in [6.45, 7) is 2.19. The van der Waals surface area contributed by atoms with Crippen molar-refractivity contribution in [2.75, 3.05) is 26.4 Å². The fourth-order valence-corrected chi connectivity index (χ4v) is 5.38. The van der Waals surface area contributed by atoms with Crippen molar-refractivity contribution in [1.29, 1.82) is 0 Å². The summed E-state index contributed by atoms with van der Waals surface area (Å²) >= 11 is 0. The number of carbonyl (C=O) groups is 1. The number of benzene rings is 6. The van der Waals surface area contributed by atoms with Gasteiger partial charge in [-0.25, -0.2) is 9.18 Å². The molecule has 0 amide bonds. The number of halogens is 1. The fraction of sp³-hybridized carbons (Fsp3) is 0.159. The summed E-state index contributed by atoms with van der Waals surface area (Å²) in [7, 11) is 0. The van der Waals surface area contributed by atoms with Gasteiger partial charge in [0.2, 0.25) is 0 Å². The van der Waals surface area contributed by atoms with E-state index in [1.807, 2.05) is 121 Å². The molecule has 6 nitrogen and oxygen atoms in total. The van der Waals surface area contributed by atoms with E-state index in [2.05, 4.69) is 0 Å². The van der Waals surface area contributed by atoms with Crippen LogP contribution in [0.2, 0.25) is 0 Å². The summed E-state index contributed by atoms with van der Waals surface area (Å²) in [5.74, 6) is -0.169. The molecule has 0 atom stereocenters. The molecule has 0 bridgehead atoms. The maximum Gasteiger partial charge on any atom is 0.338 e. The molecule has 0 radical (unpaired) electrons. The zero-order valence-corrected chi connectivity index (χ0v) is 28.2. The predicted molar refractivity (Wildman–Crippen MR) is 196 cm³/mol. The van der Waals surface area contributed by atoms with Crippen LogP contribution in [0.4, 0.5) is 4.39 Å². The molecule has 6 aromatic carbocycles. The molecule has 0 fully saturated rings. The van der Waals surface area contributed by atoms with Gasteiger partial charge in [-0.1, -0.05) is 109 Å². The predicted octanol–water partition coefficient (Wildman–Crippen LogP) is 9.71. The third-order valence-electron chi connectivity index (χ3n) is 8.04. The number of ether oxygens (including phenoxy) is 5. The zero-order chi connectivity index (χ0) is 35.1. The lowest BCUT2D eigenvalue weighted by Gasteiger charge is -2.13. The third-order valence-corrected chi connectivity index (χ3v) is 8.04. The smallest absolute Gasteiger partial charge is 0.338 e. The van der Waals surface area contributed by atoms with Crippen molar-refractivity contribution < 1.29 is 32.9 Å². The highest BCUT2D eigenvalue weighted by Crippen LogP contribution is 2.32. The molecule has 0 heterocycles. The van der Waals surface area contributed by atoms with Crippen LogP contribution in [0.3, 0.4) is 0 Å². The number of hydrogen-bond acceptors (Lipinski definition) is 6. The Morgan fingerprint density at radius 1 is 0.471 bits per heavy atom. The van der Waals surface area contributed by atoms with Crippen LogP contribution in [0, 0.1) is 5.82 Å². The first kappa shape index (κ1) is 35.1. The highest BCUT2D eigenvalue weighted by Gasteiger charge is 2.15. The molecule has 0 aromatic heterocycles. The molecule has 51 heavy (non-hydrogen) atoms. The topological polar surface area (TPSA) is 63.2 Å². The summed E-state index contributed by atoms with van der Waals surface area (Å²) in [4.78, 5) is 13.3. The molecule has 7 heteroatoms. The van der Waals surface area contributed by atoms with E-state index in [4.69, 9.17) is 23.7 Å². The van der Waals surface area contributed by atoms with Crippen LogP contribution in [0.15, 0.2) is 152 Å². The first-order valence-corrected chi connectivity index (χ1v) is 16.9. The van der Waals surface area contributed by atoms with Crippen molar-refractivity contribution in [1.82, 2.24) is 0 Å². The Labute approximate surface area is 298 Å². The average molecular weight is 683 g/mol. The number of rotatable bonds is 17. The van der Waals surface area contributed by atoms with Gasteiger partial charge in [0.05, 0.1) is 32.0 Å². The van der Waals surface area contributed by atoms with Crippen molar-refractivity contribution in [3.8, 4) is 33.8 Å². The van der Waals surface area contributed by atoms with Crippen molar-refractivity contribution >= 4 is 5.97 Å². The highest BCUT2D eigenvalue weighted by molar-refractivity contribution is 5.93. The van der Waals surface area contributed by atoms with E-state index in [0.717, 1.165) is 33.6 Å². The van der Waals surface area contributed by atoms with Gasteiger partial charge in [-0.05, 0) is 81.4 Å². The summed E-state index contributed by atoms with van der Waals surface area (Å²) < 4.78 is 43.9. The molecule has 0 N–H and O–H groups in total. The minimum atomic E-state index is -0.513. The van der Waals surface area contributed by atoms with Crippen molar-refractivity contribution in [2.24, 2.45) is 0 Å². The van der Waals surface area contributed by atoms with Gasteiger partial charge in [-0.2, -0.15) is 0 Å². The van der Waals surface area contributed by atoms with E-state index in [9.17, 15) is 4.79 Å². The molecule has 0 saturated carbocycles. The Morgan fingerprint density at radius 3 is 1.59 bits per heavy atom. The largest absolute Gasteiger partial charge is 0.489 e. The highest BCUT2D eigenvalue weighted by atomic mass is 19.1. The molecule has 0 aliphatic rings. The summed E-state index contributed by atoms with van der Waals surface area (Å²) in [5.41, 5.74) is 6.38. The SMILES string of the molecule is O=C(OCCOCc1ccccc1)c1cc(-c2ccc(OCc3ccccc3)cc2)cc(-c2ccc(OCCOCc3ccccc3)c(F)c2)c1. The van der Waals surface area contributed by atoms with Crippen molar-refractivity contribution in [3.63, 3.8) is 0 Å². The fourth-order valence-electron chi connectivity index (χ4n) is 5.38. The van der Waals surface area contributed by atoms with Crippen molar-refractivity contribution in [2.45, 2.75) is 19.8 Å². The van der Waals surface area contributed by atoms with E-state index in [1.165, 1.54) is 6.07 Å². The maximum atomic E-state index is 15.3. The molecule has 0 aliphatic carbocycles. The van der Waals surface area contributed by atoms with Gasteiger partial charge in [0.1, 0.15) is 25.6 Å². The summed E-state index contributed by atoms with van der Waals surface area (Å²) in [6, 6.07) is 47.4. The normalized spacial score (nSPS) is 10.8. The van der Waals surface area contributed by atoms with E-state index >= 15 is 4.39 Å². The molecule has 0 saturated heterocycles. The summed E-state index contributed by atoms with van der Waals surface area (Å²) in [5, 5.41) is 0. The van der Waals surface area contributed by atoms with Gasteiger partial charge in [-0.15, -0.1) is 0 Å². The zero-order valence-electron chi connectivity index (χ0n) is 28.2. The number of hydrogen-bond donors (Lipinski definition) is 0. The minimum Gasteiger partial charge on any atom is -0.489 e. The molecular weight excluding hydrogens is 643 g/mol. The first-order valence-electron chi connectivity index (χ1n) is 16.9. The summed E-state index contributed by atoms with van der Waals surface area (Å²) in [6.07, 6.45) is 0. The lowest BCUT2D eigenvalue weighted by Crippen LogP contribution is -2.11. The van der Waals surface area contributed by atoms with Crippen LogP contribution >= 0.6 is 0 Å². The van der Waals surface area contributed by atoms with Gasteiger partial charge in [0.15, 0.2) is 11.6 Å². The van der Waals surface area contributed by atoms with Gasteiger partial charge >= 0.3 is 5.97 Å². The van der Waals surface area contributed by atoms with Crippen LogP contribution in [0.1, 0.15) is 27.0 Å². The first-order chi connectivity index (χ1) is 25.1. The average Bonchev–Trinajstić information content (AvgIpc) is 3.18. The Kier molecular flexibility index (Phi) is 12.6. The van der Waals surface area contributed by atoms with E-state index in [0.29, 0.717) is 43.1 Å². The molecule has 0 aliphatic heterocycles. The standard InChI is InChI=1S/C44H39FO6/c45-42-29-37(18-21-43(42)49-24-22-47-30-33-10-4-1-5-11-33)39-26-38(36-16-19-41(20-17-36)51-32-35-14-8-3-9-15-35)27-40(28-39)44(46)50-25-23-48-31-34-12-6-2-7-13-34/h1-21,26-29H,22-25,30-32H2. The lowest BCUT2D eigenvalue weighted by atomic mass is 9.96. The van der Waals surface area contributed by atoms with Gasteiger partial charge in [-0.3, -0.25) is 0 Å². The van der Waals surface area contributed by atoms with Crippen molar-refractivity contribution in [3.05, 3.63) is 180 Å². The van der Waals surface area contributed by atoms with E-state index in [-0.39, 0.29) is 25.6 Å². The van der Waals surface area contributed by atoms with E-state index < -0.39 is 11.8 Å². The quantitative estimate of drug-likeness (QED) is 0.0705. The van der Waals surface area contributed by atoms with E-state index in [1.54, 1.807) is 24.3 Å². The second-order valence-corrected chi connectivity index (χ2v) is 11.8. The minimum absolute atomic E-state index is 0.0917. The van der Waals surface area contributed by atoms with Gasteiger partial charge in [0.25, 0.3) is 0 Å². The molecule has 0 spiro atoms. The van der Waals surface area contributed by atoms with Crippen LogP contribution in [-0.4, -0.2) is 32.4 Å². The Morgan fingerprint density at radius 2 is 1.00 bits per heavy atom. The van der Waals surface area contributed by atoms with Crippen LogP contribution in [0.5, 0.6) is 11.5 Å². The molecule has 6 rings (SSSR count). The van der Waals surface area contributed by atoms with Crippen LogP contribution < -0.4 is 9.47 Å². The maximum absolute atomic E-state index is 15.3. The van der Waals surface area contributed by atoms with Crippen LogP contribution in [0.25, 0.3) is 22.3 Å². The monoisotopic (exact) mass is 682 g/mol. The van der Waals surface area contributed by atoms with Gasteiger partial charge < -0.3 is 23.7 Å². The molecule has 0 unspecified atom stereocenters. The second kappa shape index (κ2) is 18.3. The Bertz CT molecular complexity index is 1970. The molecule has 6 aromatic rings. The second-order valence-electron chi connectivity index (χ2n) is 11.8. The Hall–Kier alpha value is -5.76. The third kappa shape index (κ3) is 10.6. The molecule has 258 valence electrons. The van der Waals surface area contributed by atoms with Crippen LogP contribution in [-0.2, 0) is 34.0 Å².